The molecule has 5 nitrogen and oxygen atoms in total. The normalized spacial score (nSPS) is 11.0. The van der Waals surface area contributed by atoms with Crippen molar-refractivity contribution in [1.82, 2.24) is 10.5 Å². The summed E-state index contributed by atoms with van der Waals surface area (Å²) < 4.78 is 5.29. The second-order valence-electron chi connectivity index (χ2n) is 4.17. The SMILES string of the molecule is O=C(NCCO)c1noc2c1ccc1ccccc12. The Hall–Kier alpha value is -2.40. The molecule has 1 amide bonds. The zero-order valence-corrected chi connectivity index (χ0v) is 10.1. The first-order valence-electron chi connectivity index (χ1n) is 5.97. The Bertz CT molecular complexity index is 749. The molecule has 2 N–H and O–H groups in total. The van der Waals surface area contributed by atoms with Crippen LogP contribution >= 0.6 is 0 Å². The molecule has 0 aliphatic rings. The fourth-order valence-corrected chi connectivity index (χ4v) is 2.09. The molecule has 0 aliphatic heterocycles. The van der Waals surface area contributed by atoms with E-state index >= 15 is 0 Å². The lowest BCUT2D eigenvalue weighted by molar-refractivity contribution is 0.0937. The molecule has 0 aliphatic carbocycles. The highest BCUT2D eigenvalue weighted by atomic mass is 16.5. The number of carbonyl (C=O) groups is 1. The molecule has 3 rings (SSSR count). The number of aliphatic hydroxyl groups is 1. The Morgan fingerprint density at radius 2 is 2.05 bits per heavy atom. The van der Waals surface area contributed by atoms with Crippen LogP contribution in [0.5, 0.6) is 0 Å². The number of carbonyl (C=O) groups excluding carboxylic acids is 1. The summed E-state index contributed by atoms with van der Waals surface area (Å²) in [6, 6.07) is 11.5. The van der Waals surface area contributed by atoms with Crippen molar-refractivity contribution in [3.05, 3.63) is 42.1 Å². The van der Waals surface area contributed by atoms with E-state index in [4.69, 9.17) is 9.63 Å². The number of hydrogen-bond donors (Lipinski definition) is 2. The first kappa shape index (κ1) is 11.7. The van der Waals surface area contributed by atoms with Gasteiger partial charge in [0.1, 0.15) is 0 Å². The molecule has 0 unspecified atom stereocenters. The molecule has 5 heteroatoms. The zero-order valence-electron chi connectivity index (χ0n) is 10.1. The third-order valence-corrected chi connectivity index (χ3v) is 2.98. The van der Waals surface area contributed by atoms with Gasteiger partial charge in [0, 0.05) is 11.9 Å². The molecular formula is C14H12N2O3. The summed E-state index contributed by atoms with van der Waals surface area (Å²) in [7, 11) is 0. The Kier molecular flexibility index (Phi) is 2.89. The monoisotopic (exact) mass is 256 g/mol. The third-order valence-electron chi connectivity index (χ3n) is 2.98. The van der Waals surface area contributed by atoms with Crippen molar-refractivity contribution in [1.29, 1.82) is 0 Å². The van der Waals surface area contributed by atoms with Crippen molar-refractivity contribution in [2.24, 2.45) is 0 Å². The van der Waals surface area contributed by atoms with E-state index in [2.05, 4.69) is 10.5 Å². The highest BCUT2D eigenvalue weighted by molar-refractivity contribution is 6.11. The molecule has 0 radical (unpaired) electrons. The van der Waals surface area contributed by atoms with Crippen LogP contribution in [0.25, 0.3) is 21.7 Å². The fourth-order valence-electron chi connectivity index (χ4n) is 2.09. The van der Waals surface area contributed by atoms with Gasteiger partial charge in [0.15, 0.2) is 11.3 Å². The molecule has 0 atom stereocenters. The summed E-state index contributed by atoms with van der Waals surface area (Å²) >= 11 is 0. The van der Waals surface area contributed by atoms with Crippen molar-refractivity contribution >= 4 is 27.6 Å². The number of nitrogens with zero attached hydrogens (tertiary/aromatic N) is 1. The van der Waals surface area contributed by atoms with Crippen LogP contribution in [0.3, 0.4) is 0 Å². The minimum atomic E-state index is -0.344. The number of nitrogens with one attached hydrogen (secondary N) is 1. The fraction of sp³-hybridized carbons (Fsp3) is 0.143. The Morgan fingerprint density at radius 3 is 2.89 bits per heavy atom. The van der Waals surface area contributed by atoms with E-state index in [-0.39, 0.29) is 24.8 Å². The number of aliphatic hydroxyl groups excluding tert-OH is 1. The van der Waals surface area contributed by atoms with Gasteiger partial charge in [-0.15, -0.1) is 0 Å². The van der Waals surface area contributed by atoms with Crippen LogP contribution in [0.4, 0.5) is 0 Å². The number of aromatic nitrogens is 1. The van der Waals surface area contributed by atoms with E-state index in [1.807, 2.05) is 36.4 Å². The summed E-state index contributed by atoms with van der Waals surface area (Å²) in [6.45, 7) is 0.0885. The van der Waals surface area contributed by atoms with Crippen molar-refractivity contribution in [3.63, 3.8) is 0 Å². The van der Waals surface area contributed by atoms with Crippen LogP contribution < -0.4 is 5.32 Å². The zero-order chi connectivity index (χ0) is 13.2. The minimum absolute atomic E-state index is 0.107. The standard InChI is InChI=1S/C14H12N2O3/c17-8-7-15-14(18)12-11-6-5-9-3-1-2-4-10(9)13(11)19-16-12/h1-6,17H,7-8H2,(H,15,18). The van der Waals surface area contributed by atoms with Gasteiger partial charge in [0.25, 0.3) is 5.91 Å². The van der Waals surface area contributed by atoms with Gasteiger partial charge in [-0.05, 0) is 11.5 Å². The highest BCUT2D eigenvalue weighted by Crippen LogP contribution is 2.27. The number of rotatable bonds is 3. The Balaban J connectivity index is 2.13. The quantitative estimate of drug-likeness (QED) is 0.748. The van der Waals surface area contributed by atoms with Gasteiger partial charge in [0.05, 0.1) is 12.0 Å². The molecule has 96 valence electrons. The largest absolute Gasteiger partial charge is 0.395 e. The summed E-state index contributed by atoms with van der Waals surface area (Å²) in [5.74, 6) is -0.344. The maximum atomic E-state index is 11.9. The van der Waals surface area contributed by atoms with E-state index < -0.39 is 0 Å². The lowest BCUT2D eigenvalue weighted by Crippen LogP contribution is -2.26. The Morgan fingerprint density at radius 1 is 1.21 bits per heavy atom. The minimum Gasteiger partial charge on any atom is -0.395 e. The predicted octanol–water partition coefficient (Wildman–Crippen LogP) is 1.70. The number of amides is 1. The van der Waals surface area contributed by atoms with Gasteiger partial charge >= 0.3 is 0 Å². The molecule has 0 fully saturated rings. The van der Waals surface area contributed by atoms with Crippen LogP contribution in [0.1, 0.15) is 10.5 Å². The van der Waals surface area contributed by atoms with Crippen molar-refractivity contribution in [2.45, 2.75) is 0 Å². The third kappa shape index (κ3) is 1.94. The topological polar surface area (TPSA) is 75.4 Å². The molecule has 0 bridgehead atoms. The summed E-state index contributed by atoms with van der Waals surface area (Å²) in [5, 5.41) is 17.7. The van der Waals surface area contributed by atoms with Crippen molar-refractivity contribution in [3.8, 4) is 0 Å². The maximum Gasteiger partial charge on any atom is 0.274 e. The lowest BCUT2D eigenvalue weighted by Gasteiger charge is -2.00. The molecule has 1 heterocycles. The molecule has 0 saturated carbocycles. The number of fused-ring (bicyclic) bond motifs is 3. The Labute approximate surface area is 108 Å². The van der Waals surface area contributed by atoms with Gasteiger partial charge in [-0.1, -0.05) is 35.5 Å². The predicted molar refractivity (Wildman–Crippen MR) is 70.9 cm³/mol. The highest BCUT2D eigenvalue weighted by Gasteiger charge is 2.16. The second-order valence-corrected chi connectivity index (χ2v) is 4.17. The first-order chi connectivity index (χ1) is 9.31. The summed E-state index contributed by atoms with van der Waals surface area (Å²) in [5.41, 5.74) is 0.849. The van der Waals surface area contributed by atoms with Gasteiger partial charge in [-0.25, -0.2) is 0 Å². The average molecular weight is 256 g/mol. The van der Waals surface area contributed by atoms with Gasteiger partial charge in [-0.3, -0.25) is 4.79 Å². The molecule has 0 spiro atoms. The van der Waals surface area contributed by atoms with Crippen LogP contribution in [-0.2, 0) is 0 Å². The molecule has 3 aromatic rings. The maximum absolute atomic E-state index is 11.9. The van der Waals surface area contributed by atoms with E-state index in [1.54, 1.807) is 0 Å². The van der Waals surface area contributed by atoms with E-state index in [0.717, 1.165) is 10.8 Å². The van der Waals surface area contributed by atoms with Crippen molar-refractivity contribution in [2.75, 3.05) is 13.2 Å². The smallest absolute Gasteiger partial charge is 0.274 e. The molecule has 2 aromatic carbocycles. The van der Waals surface area contributed by atoms with Crippen LogP contribution in [0.2, 0.25) is 0 Å². The van der Waals surface area contributed by atoms with Crippen molar-refractivity contribution < 1.29 is 14.4 Å². The average Bonchev–Trinajstić information content (AvgIpc) is 2.89. The van der Waals surface area contributed by atoms with Gasteiger partial charge < -0.3 is 14.9 Å². The van der Waals surface area contributed by atoms with Crippen LogP contribution in [0.15, 0.2) is 40.9 Å². The molecular weight excluding hydrogens is 244 g/mol. The van der Waals surface area contributed by atoms with Gasteiger partial charge in [-0.2, -0.15) is 0 Å². The number of benzene rings is 2. The van der Waals surface area contributed by atoms with Gasteiger partial charge in [0.2, 0.25) is 0 Å². The number of hydrogen-bond acceptors (Lipinski definition) is 4. The first-order valence-corrected chi connectivity index (χ1v) is 5.97. The van der Waals surface area contributed by atoms with E-state index in [0.29, 0.717) is 11.0 Å². The molecule has 19 heavy (non-hydrogen) atoms. The lowest BCUT2D eigenvalue weighted by atomic mass is 10.1. The molecule has 1 aromatic heterocycles. The van der Waals surface area contributed by atoms with E-state index in [9.17, 15) is 4.79 Å². The van der Waals surface area contributed by atoms with E-state index in [1.165, 1.54) is 0 Å². The second kappa shape index (κ2) is 4.70. The van der Waals surface area contributed by atoms with Crippen LogP contribution in [0, 0.1) is 0 Å². The summed E-state index contributed by atoms with van der Waals surface area (Å²) in [4.78, 5) is 11.9. The summed E-state index contributed by atoms with van der Waals surface area (Å²) in [6.07, 6.45) is 0. The molecule has 0 saturated heterocycles. The van der Waals surface area contributed by atoms with Crippen LogP contribution in [-0.4, -0.2) is 29.3 Å².